The van der Waals surface area contributed by atoms with E-state index in [1.165, 1.54) is 6.92 Å². The number of rotatable bonds is 1. The van der Waals surface area contributed by atoms with Crippen molar-refractivity contribution < 1.29 is 4.79 Å². The van der Waals surface area contributed by atoms with Crippen LogP contribution in [0.25, 0.3) is 0 Å². The fraction of sp³-hybridized carbons (Fsp3) is 0.125. The molecule has 0 atom stereocenters. The summed E-state index contributed by atoms with van der Waals surface area (Å²) in [4.78, 5) is 10.5. The minimum Gasteiger partial charge on any atom is -0.326 e. The van der Waals surface area contributed by atoms with Gasteiger partial charge in [0, 0.05) is 18.7 Å². The first-order valence-electron chi connectivity index (χ1n) is 2.94. The van der Waals surface area contributed by atoms with Crippen LogP contribution in [-0.2, 0) is 4.79 Å². The lowest BCUT2D eigenvalue weighted by atomic mass is 10.3. The van der Waals surface area contributed by atoms with Crippen LogP contribution in [0.2, 0.25) is 0 Å². The van der Waals surface area contributed by atoms with Crippen molar-refractivity contribution in [2.45, 2.75) is 6.92 Å². The van der Waals surface area contributed by atoms with Gasteiger partial charge in [-0.1, -0.05) is 12.1 Å². The lowest BCUT2D eigenvalue weighted by molar-refractivity contribution is -0.114. The SMILES string of the molecule is CC(=O)Nc1[c]cc[c]c1. The standard InChI is InChI=1S/C8H7NO/c1-7(10)9-8-5-3-2-4-6-8/h2-3,6H,1H3,(H,9,10). The molecule has 50 valence electrons. The first-order valence-corrected chi connectivity index (χ1v) is 2.94. The van der Waals surface area contributed by atoms with Crippen LogP contribution in [0.4, 0.5) is 5.69 Å². The molecule has 1 N–H and O–H groups in total. The summed E-state index contributed by atoms with van der Waals surface area (Å²) in [6.45, 7) is 1.46. The molecular weight excluding hydrogens is 126 g/mol. The topological polar surface area (TPSA) is 29.1 Å². The van der Waals surface area contributed by atoms with Crippen molar-refractivity contribution in [2.24, 2.45) is 0 Å². The smallest absolute Gasteiger partial charge is 0.221 e. The molecule has 0 spiro atoms. The second-order valence-electron chi connectivity index (χ2n) is 1.88. The van der Waals surface area contributed by atoms with E-state index in [-0.39, 0.29) is 5.91 Å². The summed E-state index contributed by atoms with van der Waals surface area (Å²) in [6, 6.07) is 10.8. The van der Waals surface area contributed by atoms with Gasteiger partial charge >= 0.3 is 0 Å². The Morgan fingerprint density at radius 3 is 2.90 bits per heavy atom. The molecule has 0 aliphatic heterocycles. The van der Waals surface area contributed by atoms with Gasteiger partial charge in [-0.15, -0.1) is 0 Å². The zero-order chi connectivity index (χ0) is 7.40. The summed E-state index contributed by atoms with van der Waals surface area (Å²) in [6.07, 6.45) is 0. The molecule has 2 nitrogen and oxygen atoms in total. The normalized spacial score (nSPS) is 8.90. The molecule has 0 aromatic heterocycles. The van der Waals surface area contributed by atoms with Gasteiger partial charge in [0.25, 0.3) is 0 Å². The highest BCUT2D eigenvalue weighted by Gasteiger charge is 1.90. The summed E-state index contributed by atoms with van der Waals surface area (Å²) in [5.74, 6) is -0.0872. The lowest BCUT2D eigenvalue weighted by Crippen LogP contribution is -2.05. The molecule has 1 rings (SSSR count). The van der Waals surface area contributed by atoms with Gasteiger partial charge in [0.2, 0.25) is 5.91 Å². The van der Waals surface area contributed by atoms with Crippen molar-refractivity contribution in [2.75, 3.05) is 5.32 Å². The third-order valence-electron chi connectivity index (χ3n) is 0.957. The summed E-state index contributed by atoms with van der Waals surface area (Å²) in [5, 5.41) is 2.58. The molecule has 2 radical (unpaired) electrons. The monoisotopic (exact) mass is 133 g/mol. The Morgan fingerprint density at radius 1 is 1.60 bits per heavy atom. The fourth-order valence-corrected chi connectivity index (χ4v) is 0.614. The number of hydrogen-bond donors (Lipinski definition) is 1. The second kappa shape index (κ2) is 3.01. The van der Waals surface area contributed by atoms with Crippen molar-refractivity contribution >= 4 is 11.6 Å². The number of anilines is 1. The molecule has 2 heteroatoms. The number of benzene rings is 1. The van der Waals surface area contributed by atoms with Gasteiger partial charge in [-0.2, -0.15) is 0 Å². The van der Waals surface area contributed by atoms with E-state index in [1.807, 2.05) is 0 Å². The van der Waals surface area contributed by atoms with Gasteiger partial charge < -0.3 is 5.32 Å². The van der Waals surface area contributed by atoms with Gasteiger partial charge in [-0.25, -0.2) is 0 Å². The van der Waals surface area contributed by atoms with E-state index in [4.69, 9.17) is 0 Å². The number of hydrogen-bond acceptors (Lipinski definition) is 1. The van der Waals surface area contributed by atoms with Crippen molar-refractivity contribution in [1.82, 2.24) is 0 Å². The minimum atomic E-state index is -0.0872. The highest BCUT2D eigenvalue weighted by atomic mass is 16.1. The van der Waals surface area contributed by atoms with Crippen LogP contribution in [0.15, 0.2) is 18.2 Å². The van der Waals surface area contributed by atoms with Gasteiger partial charge in [0.1, 0.15) is 0 Å². The Labute approximate surface area is 59.9 Å². The van der Waals surface area contributed by atoms with Gasteiger partial charge in [-0.05, 0) is 12.1 Å². The van der Waals surface area contributed by atoms with Crippen molar-refractivity contribution in [1.29, 1.82) is 0 Å². The third kappa shape index (κ3) is 1.90. The van der Waals surface area contributed by atoms with E-state index in [9.17, 15) is 4.79 Å². The summed E-state index contributed by atoms with van der Waals surface area (Å²) in [5.41, 5.74) is 0.662. The first kappa shape index (κ1) is 6.81. The van der Waals surface area contributed by atoms with E-state index in [0.29, 0.717) is 5.69 Å². The molecule has 0 unspecified atom stereocenters. The van der Waals surface area contributed by atoms with Crippen LogP contribution in [0, 0.1) is 12.1 Å². The average molecular weight is 133 g/mol. The fourth-order valence-electron chi connectivity index (χ4n) is 0.614. The Hall–Kier alpha value is -1.31. The first-order chi connectivity index (χ1) is 4.79. The molecule has 0 fully saturated rings. The Bertz CT molecular complexity index is 218. The Morgan fingerprint density at radius 2 is 2.40 bits per heavy atom. The number of carbonyl (C=O) groups excluding carboxylic acids is 1. The van der Waals surface area contributed by atoms with Gasteiger partial charge in [-0.3, -0.25) is 4.79 Å². The predicted molar refractivity (Wildman–Crippen MR) is 38.4 cm³/mol. The Balaban J connectivity index is 2.67. The molecule has 0 saturated carbocycles. The van der Waals surface area contributed by atoms with E-state index >= 15 is 0 Å². The van der Waals surface area contributed by atoms with E-state index in [0.717, 1.165) is 0 Å². The maximum absolute atomic E-state index is 10.5. The quantitative estimate of drug-likeness (QED) is 0.613. The summed E-state index contributed by atoms with van der Waals surface area (Å²) < 4.78 is 0. The molecule has 0 bridgehead atoms. The molecule has 10 heavy (non-hydrogen) atoms. The van der Waals surface area contributed by atoms with Gasteiger partial charge in [0.05, 0.1) is 0 Å². The largest absolute Gasteiger partial charge is 0.326 e. The maximum atomic E-state index is 10.5. The molecule has 1 amide bonds. The van der Waals surface area contributed by atoms with Crippen molar-refractivity contribution in [3.63, 3.8) is 0 Å². The minimum absolute atomic E-state index is 0.0872. The van der Waals surface area contributed by atoms with Crippen molar-refractivity contribution in [3.05, 3.63) is 30.3 Å². The molecular formula is C8H7NO. The maximum Gasteiger partial charge on any atom is 0.221 e. The van der Waals surface area contributed by atoms with Crippen LogP contribution in [0.1, 0.15) is 6.92 Å². The third-order valence-corrected chi connectivity index (χ3v) is 0.957. The molecule has 0 aliphatic rings. The van der Waals surface area contributed by atoms with Crippen molar-refractivity contribution in [3.8, 4) is 0 Å². The predicted octanol–water partition coefficient (Wildman–Crippen LogP) is 1.25. The Kier molecular flexibility index (Phi) is 2.05. The number of carbonyl (C=O) groups is 1. The highest BCUT2D eigenvalue weighted by molar-refractivity contribution is 5.88. The molecule has 0 heterocycles. The van der Waals surface area contributed by atoms with Crippen LogP contribution >= 0.6 is 0 Å². The highest BCUT2D eigenvalue weighted by Crippen LogP contribution is 2.01. The van der Waals surface area contributed by atoms with Crippen LogP contribution in [-0.4, -0.2) is 5.91 Å². The second-order valence-corrected chi connectivity index (χ2v) is 1.88. The van der Waals surface area contributed by atoms with E-state index in [1.54, 1.807) is 18.2 Å². The van der Waals surface area contributed by atoms with Crippen LogP contribution in [0.3, 0.4) is 0 Å². The zero-order valence-electron chi connectivity index (χ0n) is 5.64. The van der Waals surface area contributed by atoms with E-state index < -0.39 is 0 Å². The van der Waals surface area contributed by atoms with Crippen LogP contribution < -0.4 is 5.32 Å². The lowest BCUT2D eigenvalue weighted by Gasteiger charge is -1.97. The zero-order valence-corrected chi connectivity index (χ0v) is 5.64. The number of nitrogens with one attached hydrogen (secondary N) is 1. The molecule has 1 aromatic rings. The average Bonchev–Trinajstić information content (AvgIpc) is 1.88. The van der Waals surface area contributed by atoms with Crippen LogP contribution in [0.5, 0.6) is 0 Å². The van der Waals surface area contributed by atoms with E-state index in [2.05, 4.69) is 17.4 Å². The van der Waals surface area contributed by atoms with Gasteiger partial charge in [0.15, 0.2) is 0 Å². The molecule has 0 aliphatic carbocycles. The molecule has 1 aromatic carbocycles. The molecule has 0 saturated heterocycles. The summed E-state index contributed by atoms with van der Waals surface area (Å²) in [7, 11) is 0. The summed E-state index contributed by atoms with van der Waals surface area (Å²) >= 11 is 0. The number of amides is 1.